The van der Waals surface area contributed by atoms with Crippen molar-refractivity contribution >= 4 is 27.5 Å². The number of aromatic nitrogens is 3. The number of carbonyl (C=O) groups is 1. The maximum absolute atomic E-state index is 12.7. The summed E-state index contributed by atoms with van der Waals surface area (Å²) in [4.78, 5) is 37.0. The van der Waals surface area contributed by atoms with Crippen molar-refractivity contribution < 1.29 is 4.79 Å². The Bertz CT molecular complexity index is 1070. The van der Waals surface area contributed by atoms with E-state index in [2.05, 4.69) is 25.6 Å². The van der Waals surface area contributed by atoms with Crippen molar-refractivity contribution in [2.75, 3.05) is 6.54 Å². The molecule has 3 aromatic rings. The molecule has 1 aliphatic heterocycles. The number of fused-ring (bicyclic) bond motifs is 2. The van der Waals surface area contributed by atoms with E-state index < -0.39 is 0 Å². The van der Waals surface area contributed by atoms with Gasteiger partial charge in [-0.25, -0.2) is 4.98 Å². The van der Waals surface area contributed by atoms with Gasteiger partial charge in [-0.3, -0.25) is 14.6 Å². The fourth-order valence-electron chi connectivity index (χ4n) is 3.42. The molecule has 1 aliphatic rings. The van der Waals surface area contributed by atoms with Gasteiger partial charge in [-0.2, -0.15) is 0 Å². The molecule has 0 aromatic carbocycles. The Labute approximate surface area is 153 Å². The molecule has 134 valence electrons. The van der Waals surface area contributed by atoms with E-state index in [-0.39, 0.29) is 11.5 Å². The maximum Gasteiger partial charge on any atom is 0.261 e. The topological polar surface area (TPSA) is 99.8 Å². The summed E-state index contributed by atoms with van der Waals surface area (Å²) in [6, 6.07) is 0. The van der Waals surface area contributed by atoms with Crippen molar-refractivity contribution in [2.24, 2.45) is 0 Å². The highest BCUT2D eigenvalue weighted by molar-refractivity contribution is 7.20. The van der Waals surface area contributed by atoms with Gasteiger partial charge in [-0.1, -0.05) is 0 Å². The Morgan fingerprint density at radius 2 is 2.19 bits per heavy atom. The molecule has 0 saturated carbocycles. The third-order valence-electron chi connectivity index (χ3n) is 4.83. The zero-order valence-electron chi connectivity index (χ0n) is 14.6. The van der Waals surface area contributed by atoms with Gasteiger partial charge in [0.25, 0.3) is 11.5 Å². The summed E-state index contributed by atoms with van der Waals surface area (Å²) < 4.78 is 0. The predicted octanol–water partition coefficient (Wildman–Crippen LogP) is 1.57. The van der Waals surface area contributed by atoms with Gasteiger partial charge in [0.05, 0.1) is 16.6 Å². The normalized spacial score (nSPS) is 13.6. The molecule has 4 rings (SSSR count). The maximum atomic E-state index is 12.7. The first kappa shape index (κ1) is 16.9. The lowest BCUT2D eigenvalue weighted by atomic mass is 9.96. The van der Waals surface area contributed by atoms with Gasteiger partial charge in [0.15, 0.2) is 0 Å². The highest BCUT2D eigenvalue weighted by Gasteiger charge is 2.20. The molecule has 3 N–H and O–H groups in total. The largest absolute Gasteiger partial charge is 0.347 e. The summed E-state index contributed by atoms with van der Waals surface area (Å²) in [5, 5.41) is 6.83. The number of rotatable bonds is 3. The Morgan fingerprint density at radius 1 is 1.35 bits per heavy atom. The number of thiophene rings is 1. The fraction of sp³-hybridized carbons (Fsp3) is 0.333. The molecule has 8 heteroatoms. The molecular formula is C18H19N5O2S. The van der Waals surface area contributed by atoms with Crippen LogP contribution in [-0.2, 0) is 19.5 Å². The van der Waals surface area contributed by atoms with Crippen LogP contribution in [0.2, 0.25) is 0 Å². The number of carbonyl (C=O) groups excluding carboxylic acids is 1. The standard InChI is InChI=1S/C18H19N5O2S/c1-9-14-16(24)22-8-23-18(14)26-15(9)17(25)21-7-13-10(2)20-6-11-5-19-4-3-12(11)13/h6,8,19H,3-5,7H2,1-2H3,(H,21,25)(H,22,23,24). The van der Waals surface area contributed by atoms with E-state index in [1.165, 1.54) is 28.8 Å². The molecule has 7 nitrogen and oxygen atoms in total. The highest BCUT2D eigenvalue weighted by atomic mass is 32.1. The molecular weight excluding hydrogens is 350 g/mol. The monoisotopic (exact) mass is 369 g/mol. The third-order valence-corrected chi connectivity index (χ3v) is 6.03. The minimum absolute atomic E-state index is 0.184. The highest BCUT2D eigenvalue weighted by Crippen LogP contribution is 2.27. The van der Waals surface area contributed by atoms with Crippen LogP contribution in [0.4, 0.5) is 0 Å². The van der Waals surface area contributed by atoms with E-state index in [4.69, 9.17) is 0 Å². The van der Waals surface area contributed by atoms with Crippen LogP contribution in [-0.4, -0.2) is 27.4 Å². The quantitative estimate of drug-likeness (QED) is 0.651. The Morgan fingerprint density at radius 3 is 3.00 bits per heavy atom. The first-order valence-corrected chi connectivity index (χ1v) is 9.30. The van der Waals surface area contributed by atoms with Crippen molar-refractivity contribution in [3.05, 3.63) is 55.7 Å². The van der Waals surface area contributed by atoms with Gasteiger partial charge < -0.3 is 15.6 Å². The van der Waals surface area contributed by atoms with Crippen LogP contribution in [0.3, 0.4) is 0 Å². The Balaban J connectivity index is 1.62. The van der Waals surface area contributed by atoms with E-state index in [1.807, 2.05) is 13.1 Å². The molecule has 0 radical (unpaired) electrons. The van der Waals surface area contributed by atoms with Crippen molar-refractivity contribution in [3.63, 3.8) is 0 Å². The number of aromatic amines is 1. The van der Waals surface area contributed by atoms with Crippen LogP contribution < -0.4 is 16.2 Å². The van der Waals surface area contributed by atoms with Crippen molar-refractivity contribution in [1.29, 1.82) is 0 Å². The van der Waals surface area contributed by atoms with Crippen LogP contribution in [0.15, 0.2) is 17.3 Å². The van der Waals surface area contributed by atoms with Crippen LogP contribution in [0.1, 0.15) is 37.6 Å². The summed E-state index contributed by atoms with van der Waals surface area (Å²) in [5.41, 5.74) is 4.96. The molecule has 0 unspecified atom stereocenters. The predicted molar refractivity (Wildman–Crippen MR) is 101 cm³/mol. The van der Waals surface area contributed by atoms with Crippen LogP contribution in [0.25, 0.3) is 10.2 Å². The van der Waals surface area contributed by atoms with E-state index in [0.717, 1.165) is 30.8 Å². The van der Waals surface area contributed by atoms with Gasteiger partial charge in [0, 0.05) is 25.0 Å². The summed E-state index contributed by atoms with van der Waals surface area (Å²) in [5.74, 6) is -0.184. The average molecular weight is 369 g/mol. The molecule has 0 saturated heterocycles. The van der Waals surface area contributed by atoms with Gasteiger partial charge in [0.1, 0.15) is 4.83 Å². The average Bonchev–Trinajstić information content (AvgIpc) is 2.99. The summed E-state index contributed by atoms with van der Waals surface area (Å²) in [6.07, 6.45) is 4.21. The van der Waals surface area contributed by atoms with Gasteiger partial charge >= 0.3 is 0 Å². The number of aryl methyl sites for hydroxylation is 2. The zero-order chi connectivity index (χ0) is 18.3. The fourth-order valence-corrected chi connectivity index (χ4v) is 4.49. The molecule has 0 atom stereocenters. The molecule has 0 fully saturated rings. The summed E-state index contributed by atoms with van der Waals surface area (Å²) in [6.45, 7) is 5.93. The number of amides is 1. The minimum atomic E-state index is -0.215. The lowest BCUT2D eigenvalue weighted by molar-refractivity contribution is 0.0954. The lowest BCUT2D eigenvalue weighted by Gasteiger charge is -2.21. The number of hydrogen-bond donors (Lipinski definition) is 3. The number of H-pyrrole nitrogens is 1. The van der Waals surface area contributed by atoms with Gasteiger partial charge in [0.2, 0.25) is 0 Å². The van der Waals surface area contributed by atoms with Crippen molar-refractivity contribution in [2.45, 2.75) is 33.4 Å². The van der Waals surface area contributed by atoms with E-state index >= 15 is 0 Å². The van der Waals surface area contributed by atoms with Crippen molar-refractivity contribution in [3.8, 4) is 0 Å². The van der Waals surface area contributed by atoms with E-state index in [1.54, 1.807) is 6.92 Å². The molecule has 0 bridgehead atoms. The molecule has 26 heavy (non-hydrogen) atoms. The first-order valence-electron chi connectivity index (χ1n) is 8.48. The minimum Gasteiger partial charge on any atom is -0.347 e. The third kappa shape index (κ3) is 2.81. The smallest absolute Gasteiger partial charge is 0.261 e. The second-order valence-corrected chi connectivity index (χ2v) is 7.40. The molecule has 4 heterocycles. The lowest BCUT2D eigenvalue weighted by Crippen LogP contribution is -2.28. The molecule has 1 amide bonds. The van der Waals surface area contributed by atoms with Gasteiger partial charge in [-0.05, 0) is 49.1 Å². The number of pyridine rings is 1. The number of nitrogens with one attached hydrogen (secondary N) is 3. The van der Waals surface area contributed by atoms with E-state index in [0.29, 0.717) is 27.2 Å². The second-order valence-electron chi connectivity index (χ2n) is 6.40. The first-order chi connectivity index (χ1) is 12.6. The SMILES string of the molecule is Cc1ncc2c(c1CNC(=O)c1sc3nc[nH]c(=O)c3c1C)CCNC2. The number of nitrogens with zero attached hydrogens (tertiary/aromatic N) is 2. The second kappa shape index (κ2) is 6.62. The summed E-state index contributed by atoms with van der Waals surface area (Å²) in [7, 11) is 0. The Kier molecular flexibility index (Phi) is 4.29. The molecule has 0 aliphatic carbocycles. The summed E-state index contributed by atoms with van der Waals surface area (Å²) >= 11 is 1.25. The van der Waals surface area contributed by atoms with Crippen LogP contribution >= 0.6 is 11.3 Å². The molecule has 3 aromatic heterocycles. The Hall–Kier alpha value is -2.58. The molecule has 0 spiro atoms. The zero-order valence-corrected chi connectivity index (χ0v) is 15.4. The number of hydrogen-bond acceptors (Lipinski definition) is 6. The van der Waals surface area contributed by atoms with Crippen LogP contribution in [0.5, 0.6) is 0 Å². The van der Waals surface area contributed by atoms with E-state index in [9.17, 15) is 9.59 Å². The van der Waals surface area contributed by atoms with Crippen molar-refractivity contribution in [1.82, 2.24) is 25.6 Å². The van der Waals surface area contributed by atoms with Gasteiger partial charge in [-0.15, -0.1) is 11.3 Å². The van der Waals surface area contributed by atoms with Crippen LogP contribution in [0, 0.1) is 13.8 Å².